The largest absolute Gasteiger partial charge is 0.495 e. The quantitative estimate of drug-likeness (QED) is 0.318. The monoisotopic (exact) mass is 438 g/mol. The molecule has 0 saturated carbocycles. The van der Waals surface area contributed by atoms with Crippen LogP contribution < -0.4 is 20.7 Å². The molecule has 158 valence electrons. The van der Waals surface area contributed by atoms with E-state index in [-0.39, 0.29) is 23.0 Å². The zero-order chi connectivity index (χ0) is 22.6. The van der Waals surface area contributed by atoms with Crippen molar-refractivity contribution in [2.75, 3.05) is 31.1 Å². The van der Waals surface area contributed by atoms with Crippen molar-refractivity contribution >= 4 is 41.3 Å². The van der Waals surface area contributed by atoms with E-state index in [4.69, 9.17) is 4.74 Å². The molecule has 0 atom stereocenters. The van der Waals surface area contributed by atoms with Gasteiger partial charge in [0.2, 0.25) is 5.95 Å². The van der Waals surface area contributed by atoms with E-state index >= 15 is 0 Å². The second-order valence-corrected chi connectivity index (χ2v) is 10.0. The van der Waals surface area contributed by atoms with E-state index in [0.29, 0.717) is 22.4 Å². The Kier molecular flexibility index (Phi) is 6.18. The summed E-state index contributed by atoms with van der Waals surface area (Å²) in [5.41, 5.74) is 0.892. The lowest BCUT2D eigenvalue weighted by molar-refractivity contribution is -0.384. The van der Waals surface area contributed by atoms with Crippen LogP contribution in [0.2, 0.25) is 0 Å². The molecule has 0 amide bonds. The topological polar surface area (TPSA) is 143 Å². The Morgan fingerprint density at radius 3 is 2.55 bits per heavy atom. The van der Waals surface area contributed by atoms with Crippen LogP contribution in [-0.2, 0) is 4.57 Å². The molecule has 3 aromatic rings. The molecule has 10 nitrogen and oxygen atoms in total. The second-order valence-electron chi connectivity index (χ2n) is 6.83. The number of benzene rings is 2. The molecule has 2 aromatic carbocycles. The molecule has 31 heavy (non-hydrogen) atoms. The Balaban J connectivity index is 2.00. The number of nitrogens with one attached hydrogen (secondary N) is 2. The minimum atomic E-state index is -2.59. The van der Waals surface area contributed by atoms with Crippen LogP contribution in [0.3, 0.4) is 0 Å². The molecule has 1 heterocycles. The highest BCUT2D eigenvalue weighted by Gasteiger charge is 2.18. The smallest absolute Gasteiger partial charge is 0.271 e. The maximum Gasteiger partial charge on any atom is 0.271 e. The van der Waals surface area contributed by atoms with Crippen molar-refractivity contribution in [3.8, 4) is 11.8 Å². The highest BCUT2D eigenvalue weighted by molar-refractivity contribution is 7.70. The minimum absolute atomic E-state index is 0.0916. The van der Waals surface area contributed by atoms with E-state index in [9.17, 15) is 19.9 Å². The lowest BCUT2D eigenvalue weighted by Crippen LogP contribution is -2.11. The number of nitriles is 1. The Morgan fingerprint density at radius 2 is 1.90 bits per heavy atom. The summed E-state index contributed by atoms with van der Waals surface area (Å²) in [5, 5.41) is 27.1. The summed E-state index contributed by atoms with van der Waals surface area (Å²) in [6.45, 7) is 3.31. The number of aromatic nitrogens is 2. The van der Waals surface area contributed by atoms with E-state index in [2.05, 4.69) is 20.6 Å². The van der Waals surface area contributed by atoms with Crippen LogP contribution in [0, 0.1) is 21.4 Å². The first-order chi connectivity index (χ1) is 14.7. The summed E-state index contributed by atoms with van der Waals surface area (Å²) in [6.07, 6.45) is 1.32. The average molecular weight is 438 g/mol. The van der Waals surface area contributed by atoms with E-state index < -0.39 is 12.1 Å². The van der Waals surface area contributed by atoms with Gasteiger partial charge in [-0.1, -0.05) is 12.1 Å². The fraction of sp³-hybridized carbons (Fsp3) is 0.150. The van der Waals surface area contributed by atoms with Gasteiger partial charge in [0, 0.05) is 17.4 Å². The van der Waals surface area contributed by atoms with Gasteiger partial charge in [-0.15, -0.1) is 0 Å². The highest BCUT2D eigenvalue weighted by Crippen LogP contribution is 2.38. The molecule has 3 rings (SSSR count). The minimum Gasteiger partial charge on any atom is -0.495 e. The number of hydrogen-bond acceptors (Lipinski definition) is 9. The summed E-state index contributed by atoms with van der Waals surface area (Å²) >= 11 is 0. The molecule has 0 radical (unpaired) electrons. The number of nitro groups is 1. The fourth-order valence-electron chi connectivity index (χ4n) is 2.82. The van der Waals surface area contributed by atoms with Gasteiger partial charge < -0.3 is 19.9 Å². The lowest BCUT2D eigenvalue weighted by Gasteiger charge is -2.16. The lowest BCUT2D eigenvalue weighted by atomic mass is 10.2. The molecule has 0 unspecified atom stereocenters. The van der Waals surface area contributed by atoms with Crippen molar-refractivity contribution in [3.05, 3.63) is 64.3 Å². The van der Waals surface area contributed by atoms with Gasteiger partial charge >= 0.3 is 0 Å². The van der Waals surface area contributed by atoms with E-state index in [0.717, 1.165) is 0 Å². The Hall–Kier alpha value is -3.96. The summed E-state index contributed by atoms with van der Waals surface area (Å²) < 4.78 is 17.9. The first-order valence-electron chi connectivity index (χ1n) is 9.01. The second kappa shape index (κ2) is 8.81. The van der Waals surface area contributed by atoms with Crippen LogP contribution in [0.5, 0.6) is 5.75 Å². The van der Waals surface area contributed by atoms with Gasteiger partial charge in [0.15, 0.2) is 5.82 Å². The predicted octanol–water partition coefficient (Wildman–Crippen LogP) is 4.00. The fourth-order valence-corrected chi connectivity index (χ4v) is 3.98. The number of methoxy groups -OCH3 is 1. The number of hydrogen-bond donors (Lipinski definition) is 2. The van der Waals surface area contributed by atoms with Crippen LogP contribution >= 0.6 is 7.14 Å². The first kappa shape index (κ1) is 21.7. The van der Waals surface area contributed by atoms with E-state index in [1.165, 1.54) is 31.5 Å². The first-order valence-corrected chi connectivity index (χ1v) is 11.6. The zero-order valence-electron chi connectivity index (χ0n) is 17.0. The Bertz CT molecular complexity index is 1230. The maximum atomic E-state index is 12.6. The maximum absolute atomic E-state index is 12.6. The van der Waals surface area contributed by atoms with Crippen LogP contribution in [0.4, 0.5) is 28.8 Å². The molecule has 0 saturated heterocycles. The molecule has 1 aromatic heterocycles. The number of anilines is 4. The van der Waals surface area contributed by atoms with Gasteiger partial charge in [0.25, 0.3) is 5.69 Å². The number of nitro benzene ring substituents is 1. The van der Waals surface area contributed by atoms with Gasteiger partial charge in [0.1, 0.15) is 24.5 Å². The van der Waals surface area contributed by atoms with Crippen LogP contribution in [-0.4, -0.2) is 35.3 Å². The van der Waals surface area contributed by atoms with Gasteiger partial charge in [0.05, 0.1) is 29.6 Å². The molecule has 0 aliphatic carbocycles. The zero-order valence-corrected chi connectivity index (χ0v) is 17.9. The molecule has 0 bridgehead atoms. The molecule has 0 spiro atoms. The molecule has 0 aliphatic rings. The van der Waals surface area contributed by atoms with Crippen molar-refractivity contribution < 1.29 is 14.2 Å². The van der Waals surface area contributed by atoms with Gasteiger partial charge in [-0.25, -0.2) is 4.98 Å². The molecule has 11 heteroatoms. The predicted molar refractivity (Wildman–Crippen MR) is 118 cm³/mol. The number of para-hydroxylation sites is 1. The van der Waals surface area contributed by atoms with Crippen molar-refractivity contribution in [2.45, 2.75) is 0 Å². The van der Waals surface area contributed by atoms with Crippen LogP contribution in [0.1, 0.15) is 5.56 Å². The van der Waals surface area contributed by atoms with Crippen molar-refractivity contribution in [1.29, 1.82) is 5.26 Å². The van der Waals surface area contributed by atoms with Crippen molar-refractivity contribution in [2.24, 2.45) is 0 Å². The average Bonchev–Trinajstić information content (AvgIpc) is 2.73. The number of nitrogens with zero attached hydrogens (tertiary/aromatic N) is 4. The number of ether oxygens (including phenoxy) is 1. The summed E-state index contributed by atoms with van der Waals surface area (Å²) in [6, 6.07) is 13.2. The molecule has 0 aliphatic heterocycles. The van der Waals surface area contributed by atoms with Crippen LogP contribution in [0.25, 0.3) is 0 Å². The third kappa shape index (κ3) is 4.97. The normalized spacial score (nSPS) is 10.8. The number of rotatable bonds is 7. The number of non-ortho nitro benzene ring substituents is 1. The van der Waals surface area contributed by atoms with Crippen molar-refractivity contribution in [1.82, 2.24) is 9.97 Å². The standard InChI is InChI=1S/C20H19N6O4P/c1-30-17-9-8-14(26(27)28)10-16(17)24-20-22-12-13(11-21)19(25-20)23-15-6-4-5-7-18(15)31(2,3)29/h4-10,12H,1-3H3,(H2,22,23,24,25). The van der Waals surface area contributed by atoms with Crippen molar-refractivity contribution in [3.63, 3.8) is 0 Å². The van der Waals surface area contributed by atoms with Gasteiger partial charge in [-0.2, -0.15) is 10.2 Å². The molecular formula is C20H19N6O4P. The summed E-state index contributed by atoms with van der Waals surface area (Å²) in [7, 11) is -1.16. The van der Waals surface area contributed by atoms with Gasteiger partial charge in [-0.3, -0.25) is 10.1 Å². The van der Waals surface area contributed by atoms with Gasteiger partial charge in [-0.05, 0) is 31.5 Å². The molecule has 0 fully saturated rings. The Labute approximate surface area is 178 Å². The van der Waals surface area contributed by atoms with Crippen LogP contribution in [0.15, 0.2) is 48.7 Å². The third-order valence-corrected chi connectivity index (χ3v) is 5.84. The highest BCUT2D eigenvalue weighted by atomic mass is 31.2. The Morgan fingerprint density at radius 1 is 1.16 bits per heavy atom. The molecule has 2 N–H and O–H groups in total. The van der Waals surface area contributed by atoms with E-state index in [1.807, 2.05) is 6.07 Å². The molecular weight excluding hydrogens is 419 g/mol. The summed E-state index contributed by atoms with van der Waals surface area (Å²) in [5.74, 6) is 0.649. The SMILES string of the molecule is COc1ccc([N+](=O)[O-])cc1Nc1ncc(C#N)c(Nc2ccccc2P(C)(C)=O)n1. The third-order valence-electron chi connectivity index (χ3n) is 4.29. The van der Waals surface area contributed by atoms with E-state index in [1.54, 1.807) is 37.6 Å². The summed E-state index contributed by atoms with van der Waals surface area (Å²) in [4.78, 5) is 19.0.